The van der Waals surface area contributed by atoms with Gasteiger partial charge in [-0.05, 0) is 37.9 Å². The molecule has 0 aliphatic carbocycles. The molecular weight excluding hydrogens is 276 g/mol. The number of nitrogens with zero attached hydrogens (tertiary/aromatic N) is 5. The van der Waals surface area contributed by atoms with Gasteiger partial charge in [0.25, 0.3) is 0 Å². The fourth-order valence-electron chi connectivity index (χ4n) is 3.50. The molecule has 6 heteroatoms. The number of hydrogen-bond donors (Lipinski definition) is 1. The molecule has 4 heterocycles. The third kappa shape index (κ3) is 2.83. The van der Waals surface area contributed by atoms with Gasteiger partial charge >= 0.3 is 0 Å². The molecule has 2 aliphatic heterocycles. The van der Waals surface area contributed by atoms with Gasteiger partial charge in [0.05, 0.1) is 5.69 Å². The van der Waals surface area contributed by atoms with Crippen molar-refractivity contribution in [2.75, 3.05) is 31.1 Å². The van der Waals surface area contributed by atoms with Crippen LogP contribution < -0.4 is 4.90 Å². The van der Waals surface area contributed by atoms with Crippen LogP contribution in [-0.4, -0.2) is 51.2 Å². The van der Waals surface area contributed by atoms with Crippen molar-refractivity contribution < 1.29 is 0 Å². The van der Waals surface area contributed by atoms with E-state index >= 15 is 0 Å². The first-order valence-electron chi connectivity index (χ1n) is 8.17. The summed E-state index contributed by atoms with van der Waals surface area (Å²) in [5, 5.41) is 7.16. The van der Waals surface area contributed by atoms with Gasteiger partial charge in [-0.25, -0.2) is 9.97 Å². The lowest BCUT2D eigenvalue weighted by Gasteiger charge is -2.18. The van der Waals surface area contributed by atoms with Crippen LogP contribution in [-0.2, 0) is 6.54 Å². The fraction of sp³-hybridized carbons (Fsp3) is 0.562. The Hall–Kier alpha value is -1.95. The molecule has 1 unspecified atom stereocenters. The normalized spacial score (nSPS) is 22.5. The second-order valence-corrected chi connectivity index (χ2v) is 6.27. The summed E-state index contributed by atoms with van der Waals surface area (Å²) >= 11 is 0. The van der Waals surface area contributed by atoms with Gasteiger partial charge < -0.3 is 4.90 Å². The minimum Gasteiger partial charge on any atom is -0.341 e. The van der Waals surface area contributed by atoms with E-state index in [-0.39, 0.29) is 0 Å². The quantitative estimate of drug-likeness (QED) is 0.932. The standard InChI is InChI=1S/C16H22N6/c1-2-9-22(8-1)16-17-6-3-14(19-16)12-21-10-5-13(11-21)15-4-7-18-20-15/h3-4,6-7,13H,1-2,5,8-12H2,(H,18,20). The molecule has 116 valence electrons. The summed E-state index contributed by atoms with van der Waals surface area (Å²) in [7, 11) is 0. The highest BCUT2D eigenvalue weighted by Gasteiger charge is 2.25. The Bertz CT molecular complexity index is 605. The highest BCUT2D eigenvalue weighted by molar-refractivity contribution is 5.31. The second-order valence-electron chi connectivity index (χ2n) is 6.27. The molecule has 1 N–H and O–H groups in total. The molecule has 6 nitrogen and oxygen atoms in total. The van der Waals surface area contributed by atoms with Crippen LogP contribution in [0.4, 0.5) is 5.95 Å². The number of rotatable bonds is 4. The van der Waals surface area contributed by atoms with Crippen molar-refractivity contribution in [1.82, 2.24) is 25.1 Å². The Morgan fingerprint density at radius 3 is 2.86 bits per heavy atom. The van der Waals surface area contributed by atoms with Gasteiger partial charge in [-0.2, -0.15) is 5.10 Å². The molecule has 0 radical (unpaired) electrons. The maximum Gasteiger partial charge on any atom is 0.225 e. The van der Waals surface area contributed by atoms with E-state index < -0.39 is 0 Å². The topological polar surface area (TPSA) is 60.9 Å². The first-order valence-corrected chi connectivity index (χ1v) is 8.17. The second kappa shape index (κ2) is 6.04. The molecule has 2 fully saturated rings. The molecule has 4 rings (SSSR count). The van der Waals surface area contributed by atoms with Crippen molar-refractivity contribution in [2.24, 2.45) is 0 Å². The Kier molecular flexibility index (Phi) is 3.76. The van der Waals surface area contributed by atoms with Gasteiger partial charge in [0, 0.05) is 50.2 Å². The zero-order chi connectivity index (χ0) is 14.8. The molecule has 0 aromatic carbocycles. The molecule has 0 amide bonds. The first kappa shape index (κ1) is 13.7. The minimum atomic E-state index is 0.572. The number of hydrogen-bond acceptors (Lipinski definition) is 5. The summed E-state index contributed by atoms with van der Waals surface area (Å²) in [6, 6.07) is 4.13. The molecule has 0 bridgehead atoms. The minimum absolute atomic E-state index is 0.572. The van der Waals surface area contributed by atoms with Crippen molar-refractivity contribution in [2.45, 2.75) is 31.7 Å². The van der Waals surface area contributed by atoms with E-state index in [0.717, 1.165) is 44.4 Å². The molecule has 2 aromatic heterocycles. The third-order valence-corrected chi connectivity index (χ3v) is 4.71. The largest absolute Gasteiger partial charge is 0.341 e. The number of likely N-dealkylation sites (tertiary alicyclic amines) is 1. The molecule has 22 heavy (non-hydrogen) atoms. The van der Waals surface area contributed by atoms with E-state index in [4.69, 9.17) is 4.98 Å². The number of anilines is 1. The van der Waals surface area contributed by atoms with Crippen LogP contribution in [0.2, 0.25) is 0 Å². The van der Waals surface area contributed by atoms with Crippen LogP contribution in [0.15, 0.2) is 24.5 Å². The zero-order valence-electron chi connectivity index (χ0n) is 12.8. The Morgan fingerprint density at radius 2 is 2.05 bits per heavy atom. The van der Waals surface area contributed by atoms with Crippen molar-refractivity contribution in [1.29, 1.82) is 0 Å². The summed E-state index contributed by atoms with van der Waals surface area (Å²) in [4.78, 5) is 14.0. The summed E-state index contributed by atoms with van der Waals surface area (Å²) < 4.78 is 0. The van der Waals surface area contributed by atoms with E-state index in [1.807, 2.05) is 18.5 Å². The lowest BCUT2D eigenvalue weighted by Crippen LogP contribution is -2.23. The van der Waals surface area contributed by atoms with Crippen molar-refractivity contribution in [3.63, 3.8) is 0 Å². The molecular formula is C16H22N6. The van der Waals surface area contributed by atoms with E-state index in [2.05, 4.69) is 31.0 Å². The smallest absolute Gasteiger partial charge is 0.225 e. The van der Waals surface area contributed by atoms with E-state index in [9.17, 15) is 0 Å². The van der Waals surface area contributed by atoms with E-state index in [0.29, 0.717) is 5.92 Å². The SMILES string of the molecule is c1cc(C2CCN(Cc3ccnc(N4CCCC4)n3)C2)[nH]n1. The van der Waals surface area contributed by atoms with Crippen molar-refractivity contribution in [3.8, 4) is 0 Å². The van der Waals surface area contributed by atoms with Gasteiger partial charge in [0.15, 0.2) is 0 Å². The van der Waals surface area contributed by atoms with Crippen LogP contribution in [0.3, 0.4) is 0 Å². The Balaban J connectivity index is 1.40. The molecule has 0 spiro atoms. The van der Waals surface area contributed by atoms with Crippen LogP contribution >= 0.6 is 0 Å². The number of nitrogens with one attached hydrogen (secondary N) is 1. The molecule has 2 aliphatic rings. The van der Waals surface area contributed by atoms with Gasteiger partial charge in [-0.1, -0.05) is 0 Å². The first-order chi connectivity index (χ1) is 10.9. The van der Waals surface area contributed by atoms with Crippen LogP contribution in [0.1, 0.15) is 36.6 Å². The predicted octanol–water partition coefficient (Wildman–Crippen LogP) is 1.79. The maximum absolute atomic E-state index is 4.76. The molecule has 2 aromatic rings. The van der Waals surface area contributed by atoms with Crippen molar-refractivity contribution >= 4 is 5.95 Å². The number of aromatic amines is 1. The molecule has 1 atom stereocenters. The van der Waals surface area contributed by atoms with Gasteiger partial charge in [-0.3, -0.25) is 10.00 Å². The van der Waals surface area contributed by atoms with Gasteiger partial charge in [0.2, 0.25) is 5.95 Å². The predicted molar refractivity (Wildman–Crippen MR) is 84.7 cm³/mol. The van der Waals surface area contributed by atoms with Crippen LogP contribution in [0.25, 0.3) is 0 Å². The highest BCUT2D eigenvalue weighted by atomic mass is 15.3. The molecule has 2 saturated heterocycles. The summed E-state index contributed by atoms with van der Waals surface area (Å²) in [5.41, 5.74) is 2.38. The van der Waals surface area contributed by atoms with E-state index in [1.165, 1.54) is 25.0 Å². The zero-order valence-corrected chi connectivity index (χ0v) is 12.8. The lowest BCUT2D eigenvalue weighted by molar-refractivity contribution is 0.322. The summed E-state index contributed by atoms with van der Waals surface area (Å²) in [6.07, 6.45) is 7.44. The highest BCUT2D eigenvalue weighted by Crippen LogP contribution is 2.26. The van der Waals surface area contributed by atoms with Crippen LogP contribution in [0, 0.1) is 0 Å². The Morgan fingerprint density at radius 1 is 1.14 bits per heavy atom. The third-order valence-electron chi connectivity index (χ3n) is 4.71. The Labute approximate surface area is 130 Å². The van der Waals surface area contributed by atoms with Crippen molar-refractivity contribution in [3.05, 3.63) is 35.9 Å². The van der Waals surface area contributed by atoms with E-state index in [1.54, 1.807) is 0 Å². The van der Waals surface area contributed by atoms with Gasteiger partial charge in [0.1, 0.15) is 0 Å². The lowest BCUT2D eigenvalue weighted by atomic mass is 10.1. The fourth-order valence-corrected chi connectivity index (χ4v) is 3.50. The van der Waals surface area contributed by atoms with Gasteiger partial charge in [-0.15, -0.1) is 0 Å². The monoisotopic (exact) mass is 298 g/mol. The molecule has 0 saturated carbocycles. The summed E-state index contributed by atoms with van der Waals surface area (Å²) in [6.45, 7) is 5.29. The maximum atomic E-state index is 4.76. The number of H-pyrrole nitrogens is 1. The average molecular weight is 298 g/mol. The average Bonchev–Trinajstić information content (AvgIpc) is 3.29. The summed E-state index contributed by atoms with van der Waals surface area (Å²) in [5.74, 6) is 1.47. The number of aromatic nitrogens is 4. The van der Waals surface area contributed by atoms with Crippen LogP contribution in [0.5, 0.6) is 0 Å².